The third-order valence-corrected chi connectivity index (χ3v) is 3.42. The zero-order valence-electron chi connectivity index (χ0n) is 13.3. The second-order valence-corrected chi connectivity index (χ2v) is 6.46. The van der Waals surface area contributed by atoms with Crippen LogP contribution in [-0.4, -0.2) is 0 Å². The number of ether oxygens (including phenoxy) is 1. The van der Waals surface area contributed by atoms with Gasteiger partial charge in [0.25, 0.3) is 0 Å². The van der Waals surface area contributed by atoms with E-state index in [2.05, 4.69) is 39.0 Å². The second kappa shape index (κ2) is 5.61. The predicted octanol–water partition coefficient (Wildman–Crippen LogP) is 5.26. The molecule has 0 saturated carbocycles. The Balaban J connectivity index is 2.50. The Morgan fingerprint density at radius 3 is 2.14 bits per heavy atom. The van der Waals surface area contributed by atoms with Gasteiger partial charge in [-0.25, -0.2) is 0 Å². The van der Waals surface area contributed by atoms with Crippen LogP contribution in [0.15, 0.2) is 36.4 Å². The van der Waals surface area contributed by atoms with Gasteiger partial charge >= 0.3 is 0 Å². The van der Waals surface area contributed by atoms with Crippen molar-refractivity contribution in [3.63, 3.8) is 0 Å². The molecule has 0 unspecified atom stereocenters. The van der Waals surface area contributed by atoms with Crippen LogP contribution < -0.4 is 4.74 Å². The highest BCUT2D eigenvalue weighted by Crippen LogP contribution is 2.36. The van der Waals surface area contributed by atoms with Crippen LogP contribution in [0.4, 0.5) is 0 Å². The minimum Gasteiger partial charge on any atom is -0.456 e. The molecule has 0 aromatic heterocycles. The molecular formula is C19H21NO. The molecule has 0 aliphatic carbocycles. The molecule has 0 saturated heterocycles. The number of aryl methyl sites for hydroxylation is 2. The zero-order valence-corrected chi connectivity index (χ0v) is 13.3. The first-order valence-corrected chi connectivity index (χ1v) is 7.11. The van der Waals surface area contributed by atoms with Crippen molar-refractivity contribution >= 4 is 0 Å². The molecule has 0 heterocycles. The lowest BCUT2D eigenvalue weighted by atomic mass is 9.86. The first-order chi connectivity index (χ1) is 9.81. The van der Waals surface area contributed by atoms with Crippen LogP contribution in [0.25, 0.3) is 0 Å². The Bertz CT molecular complexity index is 702. The lowest BCUT2D eigenvalue weighted by Gasteiger charge is -2.23. The molecule has 2 aromatic rings. The van der Waals surface area contributed by atoms with Gasteiger partial charge in [-0.15, -0.1) is 0 Å². The van der Waals surface area contributed by atoms with Crippen molar-refractivity contribution in [1.82, 2.24) is 0 Å². The van der Waals surface area contributed by atoms with Gasteiger partial charge in [-0.05, 0) is 48.6 Å². The highest BCUT2D eigenvalue weighted by atomic mass is 16.5. The van der Waals surface area contributed by atoms with E-state index in [9.17, 15) is 5.26 Å². The average molecular weight is 279 g/mol. The molecule has 0 amide bonds. The van der Waals surface area contributed by atoms with E-state index in [0.717, 1.165) is 22.4 Å². The Hall–Kier alpha value is -2.27. The van der Waals surface area contributed by atoms with Crippen LogP contribution in [-0.2, 0) is 5.41 Å². The fraction of sp³-hybridized carbons (Fsp3) is 0.316. The molecule has 2 heteroatoms. The number of nitriles is 1. The maximum atomic E-state index is 9.27. The molecule has 0 fully saturated rings. The van der Waals surface area contributed by atoms with Crippen LogP contribution >= 0.6 is 0 Å². The Morgan fingerprint density at radius 2 is 1.52 bits per heavy atom. The molecule has 2 nitrogen and oxygen atoms in total. The molecule has 0 spiro atoms. The first kappa shape index (κ1) is 15.1. The fourth-order valence-electron chi connectivity index (χ4n) is 2.27. The zero-order chi connectivity index (χ0) is 15.6. The SMILES string of the molecule is Cc1ccc(Oc2cc(C)ccc2C(C)(C)C)c(C#N)c1. The monoisotopic (exact) mass is 279 g/mol. The molecule has 21 heavy (non-hydrogen) atoms. The maximum absolute atomic E-state index is 9.27. The summed E-state index contributed by atoms with van der Waals surface area (Å²) in [4.78, 5) is 0. The van der Waals surface area contributed by atoms with Gasteiger partial charge in [0.15, 0.2) is 0 Å². The Kier molecular flexibility index (Phi) is 4.04. The van der Waals surface area contributed by atoms with Crippen LogP contribution in [0.2, 0.25) is 0 Å². The van der Waals surface area contributed by atoms with Crippen molar-refractivity contribution in [3.8, 4) is 17.6 Å². The van der Waals surface area contributed by atoms with E-state index in [0.29, 0.717) is 11.3 Å². The lowest BCUT2D eigenvalue weighted by molar-refractivity contribution is 0.453. The summed E-state index contributed by atoms with van der Waals surface area (Å²) >= 11 is 0. The number of hydrogen-bond donors (Lipinski definition) is 0. The van der Waals surface area contributed by atoms with Gasteiger partial charge in [0.05, 0.1) is 5.56 Å². The van der Waals surface area contributed by atoms with Crippen LogP contribution in [0.3, 0.4) is 0 Å². The van der Waals surface area contributed by atoms with Gasteiger partial charge in [-0.1, -0.05) is 39.0 Å². The summed E-state index contributed by atoms with van der Waals surface area (Å²) in [6.45, 7) is 10.5. The van der Waals surface area contributed by atoms with Crippen molar-refractivity contribution in [2.75, 3.05) is 0 Å². The number of nitrogens with zero attached hydrogens (tertiary/aromatic N) is 1. The largest absolute Gasteiger partial charge is 0.456 e. The Morgan fingerprint density at radius 1 is 0.905 bits per heavy atom. The third kappa shape index (κ3) is 3.44. The summed E-state index contributed by atoms with van der Waals surface area (Å²) in [6, 6.07) is 14.1. The van der Waals surface area contributed by atoms with Gasteiger partial charge in [0.2, 0.25) is 0 Å². The highest BCUT2D eigenvalue weighted by Gasteiger charge is 2.20. The van der Waals surface area contributed by atoms with Crippen molar-refractivity contribution in [2.45, 2.75) is 40.0 Å². The Labute approximate surface area is 127 Å². The number of hydrogen-bond acceptors (Lipinski definition) is 2. The lowest BCUT2D eigenvalue weighted by Crippen LogP contribution is -2.12. The minimum absolute atomic E-state index is 0.0134. The van der Waals surface area contributed by atoms with E-state index in [1.807, 2.05) is 38.1 Å². The molecule has 0 aliphatic rings. The molecule has 0 atom stereocenters. The maximum Gasteiger partial charge on any atom is 0.145 e. The molecule has 108 valence electrons. The van der Waals surface area contributed by atoms with Crippen LogP contribution in [0.5, 0.6) is 11.5 Å². The molecule has 0 radical (unpaired) electrons. The van der Waals surface area contributed by atoms with E-state index in [1.54, 1.807) is 0 Å². The minimum atomic E-state index is -0.0134. The van der Waals surface area contributed by atoms with Gasteiger partial charge in [0, 0.05) is 5.56 Å². The molecular weight excluding hydrogens is 258 g/mol. The average Bonchev–Trinajstić information content (AvgIpc) is 2.39. The first-order valence-electron chi connectivity index (χ1n) is 7.11. The van der Waals surface area contributed by atoms with Gasteiger partial charge in [0.1, 0.15) is 17.6 Å². The topological polar surface area (TPSA) is 33.0 Å². The van der Waals surface area contributed by atoms with Crippen molar-refractivity contribution in [3.05, 3.63) is 58.7 Å². The summed E-state index contributed by atoms with van der Waals surface area (Å²) < 4.78 is 6.07. The molecule has 2 aromatic carbocycles. The molecule has 0 bridgehead atoms. The van der Waals surface area contributed by atoms with E-state index in [-0.39, 0.29) is 5.41 Å². The van der Waals surface area contributed by atoms with Crippen molar-refractivity contribution < 1.29 is 4.74 Å². The van der Waals surface area contributed by atoms with E-state index >= 15 is 0 Å². The normalized spacial score (nSPS) is 11.0. The standard InChI is InChI=1S/C19H21NO/c1-13-7-9-17(15(10-13)12-20)21-18-11-14(2)6-8-16(18)19(3,4)5/h6-11H,1-5H3. The summed E-state index contributed by atoms with van der Waals surface area (Å²) in [5.41, 5.74) is 3.89. The predicted molar refractivity (Wildman–Crippen MR) is 85.8 cm³/mol. The van der Waals surface area contributed by atoms with Crippen LogP contribution in [0.1, 0.15) is 43.0 Å². The molecule has 2 rings (SSSR count). The summed E-state index contributed by atoms with van der Waals surface area (Å²) in [7, 11) is 0. The van der Waals surface area contributed by atoms with Gasteiger partial charge in [-0.3, -0.25) is 0 Å². The van der Waals surface area contributed by atoms with Crippen molar-refractivity contribution in [2.24, 2.45) is 0 Å². The number of rotatable bonds is 2. The van der Waals surface area contributed by atoms with Crippen molar-refractivity contribution in [1.29, 1.82) is 5.26 Å². The quantitative estimate of drug-likeness (QED) is 0.750. The van der Waals surface area contributed by atoms with Crippen LogP contribution in [0, 0.1) is 25.2 Å². The van der Waals surface area contributed by atoms with Gasteiger partial charge in [-0.2, -0.15) is 5.26 Å². The summed E-state index contributed by atoms with van der Waals surface area (Å²) in [6.07, 6.45) is 0. The number of benzene rings is 2. The fourth-order valence-corrected chi connectivity index (χ4v) is 2.27. The molecule has 0 N–H and O–H groups in total. The second-order valence-electron chi connectivity index (χ2n) is 6.46. The summed E-state index contributed by atoms with van der Waals surface area (Å²) in [5, 5.41) is 9.27. The molecule has 0 aliphatic heterocycles. The van der Waals surface area contributed by atoms with E-state index in [4.69, 9.17) is 4.74 Å². The summed E-state index contributed by atoms with van der Waals surface area (Å²) in [5.74, 6) is 1.43. The van der Waals surface area contributed by atoms with E-state index in [1.165, 1.54) is 0 Å². The smallest absolute Gasteiger partial charge is 0.145 e. The third-order valence-electron chi connectivity index (χ3n) is 3.42. The van der Waals surface area contributed by atoms with Gasteiger partial charge < -0.3 is 4.74 Å². The van der Waals surface area contributed by atoms with E-state index < -0.39 is 0 Å². The highest BCUT2D eigenvalue weighted by molar-refractivity contribution is 5.50.